The quantitative estimate of drug-likeness (QED) is 0.681. The number of benzene rings is 1. The van der Waals surface area contributed by atoms with Gasteiger partial charge < -0.3 is 9.47 Å². The number of nitrogens with zero attached hydrogens (tertiary/aromatic N) is 2. The van der Waals surface area contributed by atoms with Crippen molar-refractivity contribution in [1.29, 1.82) is 0 Å². The fourth-order valence-corrected chi connectivity index (χ4v) is 4.88. The molecule has 1 fully saturated rings. The molecule has 0 radical (unpaired) electrons. The third-order valence-corrected chi connectivity index (χ3v) is 6.36. The highest BCUT2D eigenvalue weighted by Gasteiger charge is 2.37. The smallest absolute Gasteiger partial charge is 0.282 e. The second-order valence-electron chi connectivity index (χ2n) is 5.87. The third kappa shape index (κ3) is 4.47. The Bertz CT molecular complexity index is 604. The van der Waals surface area contributed by atoms with Gasteiger partial charge in [-0.2, -0.15) is 17.0 Å². The minimum Gasteiger partial charge on any atom is -0.494 e. The largest absolute Gasteiger partial charge is 0.494 e. The van der Waals surface area contributed by atoms with Gasteiger partial charge in [-0.1, -0.05) is 19.1 Å². The number of hydrogen-bond acceptors (Lipinski definition) is 4. The van der Waals surface area contributed by atoms with Crippen molar-refractivity contribution in [3.63, 3.8) is 0 Å². The minimum atomic E-state index is -3.49. The maximum Gasteiger partial charge on any atom is 0.282 e. The highest BCUT2D eigenvalue weighted by molar-refractivity contribution is 7.86. The predicted molar refractivity (Wildman–Crippen MR) is 94.2 cm³/mol. The molecule has 0 bridgehead atoms. The lowest BCUT2D eigenvalue weighted by Crippen LogP contribution is -2.46. The molecule has 0 amide bonds. The zero-order chi connectivity index (χ0) is 17.6. The van der Waals surface area contributed by atoms with E-state index in [1.54, 1.807) is 11.4 Å². The summed E-state index contributed by atoms with van der Waals surface area (Å²) in [6, 6.07) is 7.53. The fourth-order valence-electron chi connectivity index (χ4n) is 3.04. The van der Waals surface area contributed by atoms with Gasteiger partial charge >= 0.3 is 0 Å². The van der Waals surface area contributed by atoms with Gasteiger partial charge in [-0.3, -0.25) is 0 Å². The molecule has 1 aliphatic rings. The first kappa shape index (κ1) is 19.2. The molecule has 0 aromatic heterocycles. The normalized spacial score (nSPS) is 19.1. The summed E-state index contributed by atoms with van der Waals surface area (Å²) in [5.74, 6) is 0.798. The topological polar surface area (TPSA) is 59.1 Å². The van der Waals surface area contributed by atoms with E-state index in [9.17, 15) is 8.42 Å². The third-order valence-electron chi connectivity index (χ3n) is 4.25. The number of hydrogen-bond donors (Lipinski definition) is 0. The van der Waals surface area contributed by atoms with Gasteiger partial charge in [-0.15, -0.1) is 0 Å². The monoisotopic (exact) mass is 356 g/mol. The molecule has 0 aliphatic carbocycles. The molecular formula is C17H28N2O4S. The van der Waals surface area contributed by atoms with Crippen molar-refractivity contribution in [3.8, 4) is 5.75 Å². The van der Waals surface area contributed by atoms with Crippen LogP contribution in [0.25, 0.3) is 0 Å². The summed E-state index contributed by atoms with van der Waals surface area (Å²) >= 11 is 0. The van der Waals surface area contributed by atoms with Crippen LogP contribution in [0.15, 0.2) is 24.3 Å². The Hall–Kier alpha value is -1.15. The first-order chi connectivity index (χ1) is 11.5. The summed E-state index contributed by atoms with van der Waals surface area (Å²) in [6.07, 6.45) is 1.74. The van der Waals surface area contributed by atoms with Crippen LogP contribution >= 0.6 is 0 Å². The first-order valence-electron chi connectivity index (χ1n) is 8.50. The molecule has 1 aromatic carbocycles. The van der Waals surface area contributed by atoms with Gasteiger partial charge in [0.1, 0.15) is 5.75 Å². The Balaban J connectivity index is 2.11. The lowest BCUT2D eigenvalue weighted by atomic mass is 10.2. The molecule has 1 unspecified atom stereocenters. The highest BCUT2D eigenvalue weighted by atomic mass is 32.2. The summed E-state index contributed by atoms with van der Waals surface area (Å²) in [7, 11) is -1.87. The van der Waals surface area contributed by atoms with Gasteiger partial charge in [0.15, 0.2) is 0 Å². The summed E-state index contributed by atoms with van der Waals surface area (Å²) in [4.78, 5) is 0. The Morgan fingerprint density at radius 3 is 2.54 bits per heavy atom. The van der Waals surface area contributed by atoms with Crippen molar-refractivity contribution in [1.82, 2.24) is 8.61 Å². The Labute approximate surface area is 145 Å². The van der Waals surface area contributed by atoms with Crippen molar-refractivity contribution < 1.29 is 17.9 Å². The van der Waals surface area contributed by atoms with Crippen molar-refractivity contribution >= 4 is 10.2 Å². The maximum atomic E-state index is 13.0. The van der Waals surface area contributed by atoms with Crippen LogP contribution in [-0.4, -0.2) is 56.5 Å². The lowest BCUT2D eigenvalue weighted by molar-refractivity contribution is 0.145. The molecule has 2 rings (SSSR count). The SMILES string of the molecule is CCOc1ccc(CN(CC)S(=O)(=O)N2CCCC2COC)cc1. The average molecular weight is 356 g/mol. The Kier molecular flexibility index (Phi) is 7.03. The van der Waals surface area contributed by atoms with Gasteiger partial charge in [0.2, 0.25) is 0 Å². The zero-order valence-electron chi connectivity index (χ0n) is 14.8. The Morgan fingerprint density at radius 2 is 1.96 bits per heavy atom. The van der Waals surface area contributed by atoms with Crippen LogP contribution in [0.5, 0.6) is 5.75 Å². The van der Waals surface area contributed by atoms with E-state index in [1.807, 2.05) is 38.1 Å². The van der Waals surface area contributed by atoms with E-state index in [-0.39, 0.29) is 6.04 Å². The number of rotatable bonds is 9. The average Bonchev–Trinajstić information content (AvgIpc) is 3.04. The molecule has 136 valence electrons. The standard InChI is InChI=1S/C17H28N2O4S/c1-4-18(13-15-8-10-17(11-9-15)23-5-2)24(20,21)19-12-6-7-16(19)14-22-3/h8-11,16H,4-7,12-14H2,1-3H3. The predicted octanol–water partition coefficient (Wildman–Crippen LogP) is 2.26. The van der Waals surface area contributed by atoms with Crippen molar-refractivity contribution in [2.45, 2.75) is 39.3 Å². The number of ether oxygens (including phenoxy) is 2. The van der Waals surface area contributed by atoms with Crippen molar-refractivity contribution in [2.24, 2.45) is 0 Å². The first-order valence-corrected chi connectivity index (χ1v) is 9.90. The van der Waals surface area contributed by atoms with E-state index in [0.29, 0.717) is 32.8 Å². The molecule has 6 nitrogen and oxygen atoms in total. The van der Waals surface area contributed by atoms with Gasteiger partial charge in [0.25, 0.3) is 10.2 Å². The molecule has 1 aromatic rings. The summed E-state index contributed by atoms with van der Waals surface area (Å²) < 4.78 is 39.7. The molecular weight excluding hydrogens is 328 g/mol. The fraction of sp³-hybridized carbons (Fsp3) is 0.647. The van der Waals surface area contributed by atoms with Gasteiger partial charge in [0.05, 0.1) is 13.2 Å². The number of methoxy groups -OCH3 is 1. The van der Waals surface area contributed by atoms with Crippen LogP contribution in [0.2, 0.25) is 0 Å². The van der Waals surface area contributed by atoms with Crippen LogP contribution in [0, 0.1) is 0 Å². The summed E-state index contributed by atoms with van der Waals surface area (Å²) in [5.41, 5.74) is 0.950. The van der Waals surface area contributed by atoms with Crippen LogP contribution in [0.4, 0.5) is 0 Å². The van der Waals surface area contributed by atoms with Gasteiger partial charge in [-0.25, -0.2) is 0 Å². The van der Waals surface area contributed by atoms with Crippen LogP contribution in [0.1, 0.15) is 32.3 Å². The van der Waals surface area contributed by atoms with E-state index in [2.05, 4.69) is 0 Å². The molecule has 1 heterocycles. The highest BCUT2D eigenvalue weighted by Crippen LogP contribution is 2.25. The van der Waals surface area contributed by atoms with E-state index < -0.39 is 10.2 Å². The summed E-state index contributed by atoms with van der Waals surface area (Å²) in [6.45, 7) is 6.23. The van der Waals surface area contributed by atoms with Gasteiger partial charge in [-0.05, 0) is 37.5 Å². The molecule has 1 aliphatic heterocycles. The van der Waals surface area contributed by atoms with Crippen molar-refractivity contribution in [2.75, 3.05) is 33.4 Å². The molecule has 1 atom stereocenters. The van der Waals surface area contributed by atoms with Gasteiger partial charge in [0, 0.05) is 32.8 Å². The molecule has 0 N–H and O–H groups in total. The second kappa shape index (κ2) is 8.80. The van der Waals surface area contributed by atoms with Crippen molar-refractivity contribution in [3.05, 3.63) is 29.8 Å². The lowest BCUT2D eigenvalue weighted by Gasteiger charge is -2.30. The minimum absolute atomic E-state index is 0.0608. The van der Waals surface area contributed by atoms with E-state index >= 15 is 0 Å². The van der Waals surface area contributed by atoms with Crippen LogP contribution < -0.4 is 4.74 Å². The second-order valence-corrected chi connectivity index (χ2v) is 7.75. The van der Waals surface area contributed by atoms with Crippen LogP contribution in [0.3, 0.4) is 0 Å². The molecule has 7 heteroatoms. The molecule has 1 saturated heterocycles. The maximum absolute atomic E-state index is 13.0. The van der Waals surface area contributed by atoms with Crippen LogP contribution in [-0.2, 0) is 21.5 Å². The molecule has 0 saturated carbocycles. The zero-order valence-corrected chi connectivity index (χ0v) is 15.6. The molecule has 24 heavy (non-hydrogen) atoms. The van der Waals surface area contributed by atoms with E-state index in [1.165, 1.54) is 4.31 Å². The Morgan fingerprint density at radius 1 is 1.25 bits per heavy atom. The summed E-state index contributed by atoms with van der Waals surface area (Å²) in [5, 5.41) is 0. The van der Waals surface area contributed by atoms with E-state index in [0.717, 1.165) is 24.2 Å². The van der Waals surface area contributed by atoms with E-state index in [4.69, 9.17) is 9.47 Å². The molecule has 0 spiro atoms.